The Morgan fingerprint density at radius 3 is 2.96 bits per heavy atom. The van der Waals surface area contributed by atoms with E-state index in [0.717, 1.165) is 16.5 Å². The van der Waals surface area contributed by atoms with Crippen molar-refractivity contribution in [2.75, 3.05) is 20.1 Å². The summed E-state index contributed by atoms with van der Waals surface area (Å²) < 4.78 is 0. The molecule has 0 aliphatic carbocycles. The second-order valence-electron chi connectivity index (χ2n) is 6.71. The minimum Gasteiger partial charge on any atom is -0.388 e. The molecule has 0 bridgehead atoms. The average molecular weight is 341 g/mol. The maximum Gasteiger partial charge on any atom is 0.227 e. The molecule has 6 heteroatoms. The summed E-state index contributed by atoms with van der Waals surface area (Å²) in [6.07, 6.45) is 3.20. The quantitative estimate of drug-likeness (QED) is 0.877. The molecule has 0 spiro atoms. The van der Waals surface area contributed by atoms with Gasteiger partial charge in [-0.2, -0.15) is 0 Å². The van der Waals surface area contributed by atoms with Crippen LogP contribution in [0.25, 0.3) is 10.9 Å². The molecule has 2 amide bonds. The van der Waals surface area contributed by atoms with E-state index in [-0.39, 0.29) is 31.2 Å². The third kappa shape index (κ3) is 4.14. The summed E-state index contributed by atoms with van der Waals surface area (Å²) in [5.41, 5.74) is 0.607. The van der Waals surface area contributed by atoms with Crippen molar-refractivity contribution in [3.63, 3.8) is 0 Å². The highest BCUT2D eigenvalue weighted by Crippen LogP contribution is 2.25. The van der Waals surface area contributed by atoms with Gasteiger partial charge in [0.2, 0.25) is 11.8 Å². The number of nitrogens with one attached hydrogen (secondary N) is 1. The van der Waals surface area contributed by atoms with Crippen molar-refractivity contribution in [1.29, 1.82) is 0 Å². The number of aliphatic hydroxyl groups is 1. The fourth-order valence-electron chi connectivity index (χ4n) is 3.36. The van der Waals surface area contributed by atoms with Crippen molar-refractivity contribution in [2.45, 2.75) is 31.3 Å². The molecule has 1 fully saturated rings. The van der Waals surface area contributed by atoms with E-state index in [2.05, 4.69) is 10.3 Å². The summed E-state index contributed by atoms with van der Waals surface area (Å²) in [4.78, 5) is 30.3. The number of hydrogen-bond acceptors (Lipinski definition) is 4. The lowest BCUT2D eigenvalue weighted by atomic mass is 9.89. The lowest BCUT2D eigenvalue weighted by Crippen LogP contribution is -2.52. The monoisotopic (exact) mass is 341 g/mol. The lowest BCUT2D eigenvalue weighted by molar-refractivity contribution is -0.141. The van der Waals surface area contributed by atoms with Crippen LogP contribution >= 0.6 is 0 Å². The zero-order valence-corrected chi connectivity index (χ0v) is 14.4. The number of benzene rings is 1. The maximum atomic E-state index is 12.6. The number of pyridine rings is 1. The van der Waals surface area contributed by atoms with E-state index in [1.807, 2.05) is 30.3 Å². The van der Waals surface area contributed by atoms with Crippen LogP contribution in [0.5, 0.6) is 0 Å². The van der Waals surface area contributed by atoms with Crippen LogP contribution in [0.3, 0.4) is 0 Å². The van der Waals surface area contributed by atoms with E-state index in [0.29, 0.717) is 19.4 Å². The normalized spacial score (nSPS) is 20.5. The van der Waals surface area contributed by atoms with E-state index in [1.54, 1.807) is 18.1 Å². The molecule has 2 N–H and O–H groups in total. The van der Waals surface area contributed by atoms with E-state index in [1.165, 1.54) is 0 Å². The lowest BCUT2D eigenvalue weighted by Gasteiger charge is -2.39. The topological polar surface area (TPSA) is 82.5 Å². The Morgan fingerprint density at radius 1 is 1.36 bits per heavy atom. The van der Waals surface area contributed by atoms with Gasteiger partial charge in [-0.3, -0.25) is 14.6 Å². The Bertz CT molecular complexity index is 792. The van der Waals surface area contributed by atoms with Crippen molar-refractivity contribution in [2.24, 2.45) is 0 Å². The molecule has 1 saturated heterocycles. The number of carbonyl (C=O) groups is 2. The molecule has 25 heavy (non-hydrogen) atoms. The van der Waals surface area contributed by atoms with E-state index in [9.17, 15) is 14.7 Å². The van der Waals surface area contributed by atoms with Gasteiger partial charge < -0.3 is 15.3 Å². The highest BCUT2D eigenvalue weighted by atomic mass is 16.3. The van der Waals surface area contributed by atoms with Gasteiger partial charge in [0, 0.05) is 31.7 Å². The number of β-amino-alcohol motifs (C(OH)–C–C–N with tert-alkyl or cyclic N) is 1. The predicted molar refractivity (Wildman–Crippen MR) is 94.9 cm³/mol. The fourth-order valence-corrected chi connectivity index (χ4v) is 3.36. The molecule has 0 radical (unpaired) electrons. The van der Waals surface area contributed by atoms with E-state index < -0.39 is 5.60 Å². The predicted octanol–water partition coefficient (Wildman–Crippen LogP) is 1.27. The number of piperidine rings is 1. The molecule has 3 rings (SSSR count). The fraction of sp³-hybridized carbons (Fsp3) is 0.421. The van der Waals surface area contributed by atoms with Crippen LogP contribution in [0.1, 0.15) is 24.8 Å². The van der Waals surface area contributed by atoms with Crippen LogP contribution in [0, 0.1) is 0 Å². The van der Waals surface area contributed by atoms with Crippen LogP contribution in [0.2, 0.25) is 0 Å². The highest BCUT2D eigenvalue weighted by molar-refractivity contribution is 5.83. The maximum absolute atomic E-state index is 12.6. The SMILES string of the molecule is CNC(=O)CC1(O)CCCN(C(=O)Cc2cnc3ccccc3c2)C1. The van der Waals surface area contributed by atoms with Gasteiger partial charge in [-0.25, -0.2) is 0 Å². The molecule has 2 aromatic rings. The summed E-state index contributed by atoms with van der Waals surface area (Å²) in [6.45, 7) is 0.802. The van der Waals surface area contributed by atoms with Crippen molar-refractivity contribution in [1.82, 2.24) is 15.2 Å². The third-order valence-corrected chi connectivity index (χ3v) is 4.68. The standard InChI is InChI=1S/C19H23N3O3/c1-20-17(23)11-19(25)7-4-8-22(13-19)18(24)10-14-9-15-5-2-3-6-16(15)21-12-14/h2-3,5-6,9,12,25H,4,7-8,10-11,13H2,1H3,(H,20,23). The number of amides is 2. The van der Waals surface area contributed by atoms with Crippen LogP contribution in [-0.4, -0.2) is 52.5 Å². The van der Waals surface area contributed by atoms with E-state index >= 15 is 0 Å². The smallest absolute Gasteiger partial charge is 0.227 e. The summed E-state index contributed by atoms with van der Waals surface area (Å²) in [5, 5.41) is 14.2. The second-order valence-corrected chi connectivity index (χ2v) is 6.71. The molecular weight excluding hydrogens is 318 g/mol. The third-order valence-electron chi connectivity index (χ3n) is 4.68. The van der Waals surface area contributed by atoms with E-state index in [4.69, 9.17) is 0 Å². The molecule has 1 aliphatic rings. The van der Waals surface area contributed by atoms with Gasteiger partial charge in [0.15, 0.2) is 0 Å². The number of aromatic nitrogens is 1. The largest absolute Gasteiger partial charge is 0.388 e. The number of carbonyl (C=O) groups excluding carboxylic acids is 2. The number of likely N-dealkylation sites (tertiary alicyclic amines) is 1. The molecule has 6 nitrogen and oxygen atoms in total. The number of para-hydroxylation sites is 1. The van der Waals surface area contributed by atoms with Gasteiger partial charge in [-0.05, 0) is 30.5 Å². The molecule has 1 aliphatic heterocycles. The zero-order chi connectivity index (χ0) is 17.9. The second kappa shape index (κ2) is 7.19. The van der Waals surface area contributed by atoms with Crippen LogP contribution in [0.15, 0.2) is 36.5 Å². The van der Waals surface area contributed by atoms with Crippen molar-refractivity contribution >= 4 is 22.7 Å². The number of fused-ring (bicyclic) bond motifs is 1. The van der Waals surface area contributed by atoms with Gasteiger partial charge in [0.05, 0.1) is 24.0 Å². The first-order valence-corrected chi connectivity index (χ1v) is 8.53. The van der Waals surface area contributed by atoms with Gasteiger partial charge >= 0.3 is 0 Å². The summed E-state index contributed by atoms with van der Waals surface area (Å²) in [5.74, 6) is -0.261. The van der Waals surface area contributed by atoms with Gasteiger partial charge in [0.25, 0.3) is 0 Å². The van der Waals surface area contributed by atoms with Crippen LogP contribution < -0.4 is 5.32 Å². The number of hydrogen-bond donors (Lipinski definition) is 2. The molecule has 132 valence electrons. The Labute approximate surface area is 146 Å². The summed E-state index contributed by atoms with van der Waals surface area (Å²) in [7, 11) is 1.55. The minimum atomic E-state index is -1.14. The number of rotatable bonds is 4. The van der Waals surface area contributed by atoms with Crippen molar-refractivity contribution < 1.29 is 14.7 Å². The van der Waals surface area contributed by atoms with Gasteiger partial charge in [-0.1, -0.05) is 18.2 Å². The van der Waals surface area contributed by atoms with Crippen molar-refractivity contribution in [3.8, 4) is 0 Å². The minimum absolute atomic E-state index is 0.0187. The molecule has 1 unspecified atom stereocenters. The van der Waals surface area contributed by atoms with Gasteiger partial charge in [-0.15, -0.1) is 0 Å². The Balaban J connectivity index is 1.68. The zero-order valence-electron chi connectivity index (χ0n) is 14.4. The first-order valence-electron chi connectivity index (χ1n) is 8.53. The van der Waals surface area contributed by atoms with Crippen molar-refractivity contribution in [3.05, 3.63) is 42.1 Å². The molecule has 1 atom stereocenters. The van der Waals surface area contributed by atoms with Gasteiger partial charge in [0.1, 0.15) is 0 Å². The molecule has 1 aromatic heterocycles. The Kier molecular flexibility index (Phi) is 4.99. The van der Waals surface area contributed by atoms with Crippen LogP contribution in [-0.2, 0) is 16.0 Å². The number of nitrogens with zero attached hydrogens (tertiary/aromatic N) is 2. The first-order chi connectivity index (χ1) is 12.0. The Hall–Kier alpha value is -2.47. The highest BCUT2D eigenvalue weighted by Gasteiger charge is 2.36. The molecule has 0 saturated carbocycles. The molecule has 1 aromatic carbocycles. The average Bonchev–Trinajstić information content (AvgIpc) is 2.61. The summed E-state index contributed by atoms with van der Waals surface area (Å²) in [6, 6.07) is 9.75. The molecular formula is C19H23N3O3. The molecule has 2 heterocycles. The summed E-state index contributed by atoms with van der Waals surface area (Å²) >= 11 is 0. The van der Waals surface area contributed by atoms with Crippen LogP contribution in [0.4, 0.5) is 0 Å². The Morgan fingerprint density at radius 2 is 2.16 bits per heavy atom. The first kappa shape index (κ1) is 17.4.